The van der Waals surface area contributed by atoms with Crippen LogP contribution in [0.1, 0.15) is 17.4 Å². The maximum absolute atomic E-state index is 11.7. The molecule has 0 unspecified atom stereocenters. The summed E-state index contributed by atoms with van der Waals surface area (Å²) < 4.78 is 7.00. The van der Waals surface area contributed by atoms with Gasteiger partial charge in [0.25, 0.3) is 0 Å². The summed E-state index contributed by atoms with van der Waals surface area (Å²) in [5.74, 6) is -0.0858. The predicted molar refractivity (Wildman–Crippen MR) is 81.7 cm³/mol. The summed E-state index contributed by atoms with van der Waals surface area (Å²) in [6, 6.07) is 7.01. The van der Waals surface area contributed by atoms with E-state index in [0.717, 1.165) is 5.69 Å². The van der Waals surface area contributed by atoms with Gasteiger partial charge in [-0.1, -0.05) is 11.6 Å². The van der Waals surface area contributed by atoms with Crippen LogP contribution in [-0.4, -0.2) is 22.4 Å². The zero-order valence-electron chi connectivity index (χ0n) is 10.1. The second kappa shape index (κ2) is 5.79. The van der Waals surface area contributed by atoms with Crippen LogP contribution >= 0.6 is 34.2 Å². The average Bonchev–Trinajstić information content (AvgIpc) is 2.68. The first-order valence-corrected chi connectivity index (χ1v) is 6.97. The molecule has 0 aliphatic carbocycles. The standard InChI is InChI=1S/C12H11ClIN3O2/c1-2-19-12(18)10-9(14)11(15)17(16-10)8-5-3-7(13)4-6-8/h3-6H,2,15H2,1H3. The molecule has 0 amide bonds. The summed E-state index contributed by atoms with van der Waals surface area (Å²) in [7, 11) is 0. The SMILES string of the molecule is CCOC(=O)c1nn(-c2ccc(Cl)cc2)c(N)c1I. The number of nitrogen functional groups attached to an aromatic ring is 1. The highest BCUT2D eigenvalue weighted by molar-refractivity contribution is 14.1. The van der Waals surface area contributed by atoms with Crippen molar-refractivity contribution in [3.05, 3.63) is 38.6 Å². The first-order valence-electron chi connectivity index (χ1n) is 5.51. The molecule has 0 bridgehead atoms. The Bertz CT molecular complexity index is 610. The Balaban J connectivity index is 2.45. The molecule has 0 atom stereocenters. The molecule has 2 aromatic rings. The number of aromatic nitrogens is 2. The minimum Gasteiger partial charge on any atom is -0.461 e. The number of hydrogen-bond acceptors (Lipinski definition) is 4. The van der Waals surface area contributed by atoms with Crippen LogP contribution in [0.2, 0.25) is 5.02 Å². The minimum absolute atomic E-state index is 0.218. The van der Waals surface area contributed by atoms with Gasteiger partial charge in [0.1, 0.15) is 5.82 Å². The normalized spacial score (nSPS) is 10.5. The Morgan fingerprint density at radius 3 is 2.68 bits per heavy atom. The lowest BCUT2D eigenvalue weighted by Crippen LogP contribution is -2.07. The molecule has 5 nitrogen and oxygen atoms in total. The number of carbonyl (C=O) groups excluding carboxylic acids is 1. The molecule has 0 aliphatic heterocycles. The number of ether oxygens (including phenoxy) is 1. The van der Waals surface area contributed by atoms with Gasteiger partial charge in [-0.15, -0.1) is 0 Å². The van der Waals surface area contributed by atoms with E-state index < -0.39 is 5.97 Å². The fraction of sp³-hybridized carbons (Fsp3) is 0.167. The van der Waals surface area contributed by atoms with E-state index in [1.165, 1.54) is 4.68 Å². The number of nitrogens with two attached hydrogens (primary N) is 1. The molecule has 7 heteroatoms. The van der Waals surface area contributed by atoms with E-state index in [9.17, 15) is 4.79 Å². The third kappa shape index (κ3) is 2.84. The summed E-state index contributed by atoms with van der Waals surface area (Å²) >= 11 is 7.81. The molecule has 19 heavy (non-hydrogen) atoms. The highest BCUT2D eigenvalue weighted by atomic mass is 127. The molecule has 1 aromatic heterocycles. The Morgan fingerprint density at radius 2 is 2.11 bits per heavy atom. The monoisotopic (exact) mass is 391 g/mol. The lowest BCUT2D eigenvalue weighted by Gasteiger charge is -2.03. The maximum Gasteiger partial charge on any atom is 0.360 e. The molecule has 1 heterocycles. The van der Waals surface area contributed by atoms with Crippen LogP contribution in [0.15, 0.2) is 24.3 Å². The first kappa shape index (κ1) is 14.1. The van der Waals surface area contributed by atoms with E-state index >= 15 is 0 Å². The van der Waals surface area contributed by atoms with E-state index in [1.807, 2.05) is 22.6 Å². The highest BCUT2D eigenvalue weighted by Crippen LogP contribution is 2.24. The molecule has 100 valence electrons. The molecule has 2 rings (SSSR count). The summed E-state index contributed by atoms with van der Waals surface area (Å²) in [4.78, 5) is 11.7. The van der Waals surface area contributed by atoms with Gasteiger partial charge in [0.15, 0.2) is 5.69 Å². The van der Waals surface area contributed by atoms with Crippen molar-refractivity contribution in [1.82, 2.24) is 9.78 Å². The number of esters is 1. The Labute approximate surface area is 128 Å². The van der Waals surface area contributed by atoms with E-state index in [-0.39, 0.29) is 5.69 Å². The third-order valence-corrected chi connectivity index (χ3v) is 3.72. The van der Waals surface area contributed by atoms with Crippen molar-refractivity contribution in [2.24, 2.45) is 0 Å². The van der Waals surface area contributed by atoms with Crippen LogP contribution in [0, 0.1) is 3.57 Å². The van der Waals surface area contributed by atoms with E-state index in [2.05, 4.69) is 5.10 Å². The van der Waals surface area contributed by atoms with E-state index in [1.54, 1.807) is 31.2 Å². The molecular formula is C12H11ClIN3O2. The second-order valence-corrected chi connectivity index (χ2v) is 5.17. The predicted octanol–water partition coefficient (Wildman–Crippen LogP) is 2.89. The van der Waals surface area contributed by atoms with Crippen LogP contribution < -0.4 is 5.73 Å². The summed E-state index contributed by atoms with van der Waals surface area (Å²) in [6.45, 7) is 2.03. The lowest BCUT2D eigenvalue weighted by molar-refractivity contribution is 0.0517. The van der Waals surface area contributed by atoms with Gasteiger partial charge in [-0.25, -0.2) is 9.48 Å². The smallest absolute Gasteiger partial charge is 0.360 e. The van der Waals surface area contributed by atoms with Crippen molar-refractivity contribution >= 4 is 46.0 Å². The van der Waals surface area contributed by atoms with Crippen LogP contribution in [0.25, 0.3) is 5.69 Å². The second-order valence-electron chi connectivity index (χ2n) is 3.66. The van der Waals surface area contributed by atoms with Crippen LogP contribution in [0.4, 0.5) is 5.82 Å². The Morgan fingerprint density at radius 1 is 1.47 bits per heavy atom. The zero-order valence-corrected chi connectivity index (χ0v) is 13.0. The van der Waals surface area contributed by atoms with Crippen molar-refractivity contribution in [2.45, 2.75) is 6.92 Å². The van der Waals surface area contributed by atoms with Gasteiger partial charge in [0.2, 0.25) is 0 Å². The summed E-state index contributed by atoms with van der Waals surface area (Å²) in [6.07, 6.45) is 0. The first-order chi connectivity index (χ1) is 9.04. The number of carbonyl (C=O) groups is 1. The van der Waals surface area contributed by atoms with Gasteiger partial charge in [0.05, 0.1) is 15.9 Å². The topological polar surface area (TPSA) is 70.1 Å². The van der Waals surface area contributed by atoms with Crippen LogP contribution in [0.5, 0.6) is 0 Å². The molecule has 0 fully saturated rings. The van der Waals surface area contributed by atoms with Crippen molar-refractivity contribution in [2.75, 3.05) is 12.3 Å². The summed E-state index contributed by atoms with van der Waals surface area (Å²) in [5.41, 5.74) is 6.91. The fourth-order valence-corrected chi connectivity index (χ4v) is 2.20. The lowest BCUT2D eigenvalue weighted by atomic mass is 10.3. The van der Waals surface area contributed by atoms with Crippen molar-refractivity contribution in [3.63, 3.8) is 0 Å². The molecule has 0 spiro atoms. The number of benzene rings is 1. The maximum atomic E-state index is 11.7. The van der Waals surface area contributed by atoms with Gasteiger partial charge < -0.3 is 10.5 Å². The average molecular weight is 392 g/mol. The Hall–Kier alpha value is -1.28. The van der Waals surface area contributed by atoms with Gasteiger partial charge in [0, 0.05) is 5.02 Å². The molecule has 0 aliphatic rings. The Kier molecular flexibility index (Phi) is 4.31. The molecule has 0 radical (unpaired) electrons. The van der Waals surface area contributed by atoms with Crippen molar-refractivity contribution in [1.29, 1.82) is 0 Å². The van der Waals surface area contributed by atoms with Crippen LogP contribution in [-0.2, 0) is 4.74 Å². The number of anilines is 1. The summed E-state index contributed by atoms with van der Waals surface area (Å²) in [5, 5.41) is 4.81. The molecule has 0 saturated carbocycles. The molecule has 0 saturated heterocycles. The highest BCUT2D eigenvalue weighted by Gasteiger charge is 2.21. The zero-order chi connectivity index (χ0) is 14.0. The van der Waals surface area contributed by atoms with Gasteiger partial charge in [-0.3, -0.25) is 0 Å². The third-order valence-electron chi connectivity index (χ3n) is 2.40. The van der Waals surface area contributed by atoms with Gasteiger partial charge in [-0.05, 0) is 53.8 Å². The molecule has 2 N–H and O–H groups in total. The van der Waals surface area contributed by atoms with Gasteiger partial charge >= 0.3 is 5.97 Å². The number of hydrogen-bond donors (Lipinski definition) is 1. The largest absolute Gasteiger partial charge is 0.461 e. The number of halogens is 2. The fourth-order valence-electron chi connectivity index (χ4n) is 1.52. The van der Waals surface area contributed by atoms with E-state index in [4.69, 9.17) is 22.1 Å². The van der Waals surface area contributed by atoms with Crippen LogP contribution in [0.3, 0.4) is 0 Å². The van der Waals surface area contributed by atoms with Crippen molar-refractivity contribution in [3.8, 4) is 5.69 Å². The molecule has 1 aromatic carbocycles. The van der Waals surface area contributed by atoms with Crippen molar-refractivity contribution < 1.29 is 9.53 Å². The number of rotatable bonds is 3. The number of nitrogens with zero attached hydrogens (tertiary/aromatic N) is 2. The quantitative estimate of drug-likeness (QED) is 0.645. The van der Waals surface area contributed by atoms with Gasteiger partial charge in [-0.2, -0.15) is 5.10 Å². The van der Waals surface area contributed by atoms with E-state index in [0.29, 0.717) is 21.0 Å². The minimum atomic E-state index is -0.480. The molecular weight excluding hydrogens is 381 g/mol.